The van der Waals surface area contributed by atoms with Crippen molar-refractivity contribution in [2.24, 2.45) is 0 Å². The number of nitrogens with one attached hydrogen (secondary N) is 2. The third kappa shape index (κ3) is 3.73. The van der Waals surface area contributed by atoms with Crippen molar-refractivity contribution in [1.82, 2.24) is 14.9 Å². The first kappa shape index (κ1) is 18.4. The van der Waals surface area contributed by atoms with Gasteiger partial charge in [0.1, 0.15) is 12.2 Å². The minimum absolute atomic E-state index is 0.153. The first-order chi connectivity index (χ1) is 14.0. The van der Waals surface area contributed by atoms with E-state index in [4.69, 9.17) is 4.52 Å². The zero-order valence-electron chi connectivity index (χ0n) is 15.6. The Morgan fingerprint density at radius 3 is 2.55 bits per heavy atom. The van der Waals surface area contributed by atoms with Crippen LogP contribution in [0.15, 0.2) is 68.7 Å². The smallest absolute Gasteiger partial charge is 0.273 e. The van der Waals surface area contributed by atoms with Gasteiger partial charge < -0.3 is 4.52 Å². The van der Waals surface area contributed by atoms with E-state index in [0.29, 0.717) is 5.69 Å². The molecule has 0 aliphatic heterocycles. The second-order valence-corrected chi connectivity index (χ2v) is 6.55. The molecule has 0 bridgehead atoms. The number of benzene rings is 2. The molecule has 2 aromatic carbocycles. The number of anilines is 1. The molecule has 0 radical (unpaired) electrons. The molecule has 0 atom stereocenters. The van der Waals surface area contributed by atoms with Crippen molar-refractivity contribution in [3.63, 3.8) is 0 Å². The van der Waals surface area contributed by atoms with Gasteiger partial charge in [-0.3, -0.25) is 24.8 Å². The van der Waals surface area contributed by atoms with Gasteiger partial charge in [-0.1, -0.05) is 48.5 Å². The number of fused-ring (bicyclic) bond motifs is 1. The van der Waals surface area contributed by atoms with E-state index in [0.717, 1.165) is 16.7 Å². The molecule has 0 spiro atoms. The zero-order chi connectivity index (χ0) is 20.4. The van der Waals surface area contributed by atoms with Gasteiger partial charge in [0.05, 0.1) is 10.8 Å². The molecule has 146 valence electrons. The lowest BCUT2D eigenvalue weighted by Gasteiger charge is -2.06. The summed E-state index contributed by atoms with van der Waals surface area (Å²) < 4.78 is 6.14. The predicted molar refractivity (Wildman–Crippen MR) is 109 cm³/mol. The number of aromatic amines is 1. The fourth-order valence-electron chi connectivity index (χ4n) is 3.06. The molecule has 2 heterocycles. The molecule has 0 saturated heterocycles. The Labute approximate surface area is 164 Å². The van der Waals surface area contributed by atoms with Gasteiger partial charge in [0, 0.05) is 11.6 Å². The second-order valence-electron chi connectivity index (χ2n) is 6.55. The average molecular weight is 390 g/mol. The number of hydrogen-bond donors (Lipinski definition) is 2. The van der Waals surface area contributed by atoms with Crippen LogP contribution in [0.4, 0.5) is 5.88 Å². The Bertz CT molecular complexity index is 1300. The maximum absolute atomic E-state index is 12.5. The van der Waals surface area contributed by atoms with Crippen molar-refractivity contribution in [3.8, 4) is 11.3 Å². The van der Waals surface area contributed by atoms with Crippen LogP contribution in [-0.2, 0) is 17.8 Å². The molecule has 0 fully saturated rings. The quantitative estimate of drug-likeness (QED) is 0.544. The summed E-state index contributed by atoms with van der Waals surface area (Å²) in [6.07, 6.45) is 0.941. The summed E-state index contributed by atoms with van der Waals surface area (Å²) in [6.45, 7) is 1.72. The second kappa shape index (κ2) is 7.59. The summed E-state index contributed by atoms with van der Waals surface area (Å²) in [5.74, 6) is -0.372. The summed E-state index contributed by atoms with van der Waals surface area (Å²) in [6, 6.07) is 15.9. The van der Waals surface area contributed by atoms with Crippen LogP contribution >= 0.6 is 0 Å². The van der Waals surface area contributed by atoms with E-state index in [1.807, 2.05) is 24.3 Å². The highest BCUT2D eigenvalue weighted by molar-refractivity contribution is 5.90. The van der Waals surface area contributed by atoms with Crippen LogP contribution < -0.4 is 16.4 Å². The number of aromatic nitrogens is 3. The SMILES string of the molecule is CCc1ccc(-c2cc(NC(=O)Cn3[nH]c(=O)c4ccccc4c3=O)on2)cc1. The van der Waals surface area contributed by atoms with E-state index >= 15 is 0 Å². The minimum Gasteiger partial charge on any atom is -0.338 e. The first-order valence-corrected chi connectivity index (χ1v) is 9.13. The molecule has 0 aliphatic rings. The fraction of sp³-hybridized carbons (Fsp3) is 0.143. The maximum atomic E-state index is 12.5. The monoisotopic (exact) mass is 390 g/mol. The van der Waals surface area contributed by atoms with Crippen molar-refractivity contribution < 1.29 is 9.32 Å². The highest BCUT2D eigenvalue weighted by Gasteiger charge is 2.13. The molecule has 0 aliphatic carbocycles. The molecule has 0 unspecified atom stereocenters. The maximum Gasteiger partial charge on any atom is 0.273 e. The van der Waals surface area contributed by atoms with Crippen LogP contribution in [0.5, 0.6) is 0 Å². The van der Waals surface area contributed by atoms with E-state index in [2.05, 4.69) is 22.5 Å². The third-order valence-electron chi connectivity index (χ3n) is 4.62. The molecule has 4 aromatic rings. The third-order valence-corrected chi connectivity index (χ3v) is 4.62. The number of rotatable bonds is 5. The summed E-state index contributed by atoms with van der Waals surface area (Å²) in [5, 5.41) is 9.46. The Morgan fingerprint density at radius 2 is 1.83 bits per heavy atom. The fourth-order valence-corrected chi connectivity index (χ4v) is 3.06. The number of nitrogens with zero attached hydrogens (tertiary/aromatic N) is 2. The van der Waals surface area contributed by atoms with Gasteiger partial charge in [-0.2, -0.15) is 0 Å². The Morgan fingerprint density at radius 1 is 1.10 bits per heavy atom. The molecule has 1 amide bonds. The number of carbonyl (C=O) groups excluding carboxylic acids is 1. The van der Waals surface area contributed by atoms with Gasteiger partial charge >= 0.3 is 0 Å². The van der Waals surface area contributed by atoms with Gasteiger partial charge in [-0.05, 0) is 24.1 Å². The highest BCUT2D eigenvalue weighted by atomic mass is 16.5. The van der Waals surface area contributed by atoms with Crippen LogP contribution in [0.3, 0.4) is 0 Å². The van der Waals surface area contributed by atoms with Crippen molar-refractivity contribution in [2.45, 2.75) is 19.9 Å². The Hall–Kier alpha value is -3.94. The standard InChI is InChI=1S/C21H18N4O4/c1-2-13-7-9-14(10-8-13)17-11-19(29-24-17)22-18(26)12-25-21(28)16-6-4-3-5-15(16)20(27)23-25/h3-11H,2,12H2,1H3,(H,22,26)(H,23,27). The molecule has 4 rings (SSSR count). The highest BCUT2D eigenvalue weighted by Crippen LogP contribution is 2.22. The minimum atomic E-state index is -0.526. The summed E-state index contributed by atoms with van der Waals surface area (Å²) in [4.78, 5) is 36.9. The lowest BCUT2D eigenvalue weighted by atomic mass is 10.1. The number of amides is 1. The molecule has 0 saturated carbocycles. The number of hydrogen-bond acceptors (Lipinski definition) is 5. The molecule has 2 N–H and O–H groups in total. The van der Waals surface area contributed by atoms with Crippen LogP contribution in [0.25, 0.3) is 22.0 Å². The molecule has 8 heteroatoms. The molecule has 8 nitrogen and oxygen atoms in total. The van der Waals surface area contributed by atoms with Crippen LogP contribution in [0.2, 0.25) is 0 Å². The van der Waals surface area contributed by atoms with E-state index in [-0.39, 0.29) is 23.2 Å². The molecule has 2 aromatic heterocycles. The van der Waals surface area contributed by atoms with Gasteiger partial charge in [0.15, 0.2) is 0 Å². The number of aryl methyl sites for hydroxylation is 1. The predicted octanol–water partition coefficient (Wildman–Crippen LogP) is 2.55. The van der Waals surface area contributed by atoms with E-state index < -0.39 is 17.0 Å². The summed E-state index contributed by atoms with van der Waals surface area (Å²) in [7, 11) is 0. The topological polar surface area (TPSA) is 110 Å². The molecular formula is C21H18N4O4. The number of carbonyl (C=O) groups is 1. The lowest BCUT2D eigenvalue weighted by molar-refractivity contribution is -0.117. The zero-order valence-corrected chi connectivity index (χ0v) is 15.6. The van der Waals surface area contributed by atoms with E-state index in [1.54, 1.807) is 30.3 Å². The largest absolute Gasteiger partial charge is 0.338 e. The van der Waals surface area contributed by atoms with Gasteiger partial charge in [0.2, 0.25) is 11.8 Å². The van der Waals surface area contributed by atoms with Crippen molar-refractivity contribution in [1.29, 1.82) is 0 Å². The van der Waals surface area contributed by atoms with Crippen LogP contribution in [0.1, 0.15) is 12.5 Å². The van der Waals surface area contributed by atoms with Crippen LogP contribution in [0, 0.1) is 0 Å². The first-order valence-electron chi connectivity index (χ1n) is 9.13. The summed E-state index contributed by atoms with van der Waals surface area (Å²) in [5.41, 5.74) is 1.76. The molecule has 29 heavy (non-hydrogen) atoms. The van der Waals surface area contributed by atoms with E-state index in [9.17, 15) is 14.4 Å². The van der Waals surface area contributed by atoms with Crippen molar-refractivity contribution in [2.75, 3.05) is 5.32 Å². The average Bonchev–Trinajstić information content (AvgIpc) is 3.20. The van der Waals surface area contributed by atoms with Gasteiger partial charge in [-0.25, -0.2) is 4.68 Å². The lowest BCUT2D eigenvalue weighted by Crippen LogP contribution is -2.34. The van der Waals surface area contributed by atoms with Crippen LogP contribution in [-0.4, -0.2) is 20.8 Å². The Balaban J connectivity index is 1.51. The van der Waals surface area contributed by atoms with E-state index in [1.165, 1.54) is 5.56 Å². The normalized spacial score (nSPS) is 10.9. The van der Waals surface area contributed by atoms with Crippen molar-refractivity contribution >= 4 is 22.6 Å². The summed E-state index contributed by atoms with van der Waals surface area (Å²) >= 11 is 0. The van der Waals surface area contributed by atoms with Gasteiger partial charge in [0.25, 0.3) is 11.1 Å². The van der Waals surface area contributed by atoms with Gasteiger partial charge in [-0.15, -0.1) is 0 Å². The molecular weight excluding hydrogens is 372 g/mol. The number of H-pyrrole nitrogens is 1. The van der Waals surface area contributed by atoms with Crippen molar-refractivity contribution in [3.05, 3.63) is 80.9 Å². The Kier molecular flexibility index (Phi) is 4.82.